The Hall–Kier alpha value is -2.06. The second-order valence-corrected chi connectivity index (χ2v) is 7.22. The van der Waals surface area contributed by atoms with Gasteiger partial charge in [0.05, 0.1) is 10.4 Å². The predicted molar refractivity (Wildman–Crippen MR) is 90.5 cm³/mol. The fraction of sp³-hybridized carbons (Fsp3) is 0.412. The summed E-state index contributed by atoms with van der Waals surface area (Å²) >= 11 is 1.24. The van der Waals surface area contributed by atoms with Crippen molar-refractivity contribution in [2.75, 3.05) is 25.0 Å². The molecule has 3 saturated heterocycles. The van der Waals surface area contributed by atoms with E-state index in [0.29, 0.717) is 22.2 Å². The van der Waals surface area contributed by atoms with Crippen LogP contribution in [0.4, 0.5) is 19.4 Å². The Labute approximate surface area is 147 Å². The van der Waals surface area contributed by atoms with E-state index < -0.39 is 17.7 Å². The number of ether oxygens (including phenoxy) is 1. The van der Waals surface area contributed by atoms with Crippen LogP contribution in [0.25, 0.3) is 10.4 Å². The molecule has 1 atom stereocenters. The van der Waals surface area contributed by atoms with E-state index in [2.05, 4.69) is 15.2 Å². The molecule has 5 nitrogen and oxygen atoms in total. The minimum atomic E-state index is -0.938. The third kappa shape index (κ3) is 3.36. The van der Waals surface area contributed by atoms with Crippen LogP contribution in [-0.4, -0.2) is 41.7 Å². The summed E-state index contributed by atoms with van der Waals surface area (Å²) in [5.74, 6) is -1.14. The largest absolute Gasteiger partial charge is 0.444 e. The van der Waals surface area contributed by atoms with Crippen LogP contribution in [-0.2, 0) is 4.74 Å². The molecule has 2 bridgehead atoms. The van der Waals surface area contributed by atoms with Crippen LogP contribution in [0.5, 0.6) is 0 Å². The minimum absolute atomic E-state index is 0.104. The number of nitrogens with one attached hydrogen (secondary N) is 1. The number of piperidine rings is 3. The smallest absolute Gasteiger partial charge is 0.413 e. The van der Waals surface area contributed by atoms with Gasteiger partial charge in [0.15, 0.2) is 17.5 Å². The van der Waals surface area contributed by atoms with Crippen LogP contribution < -0.4 is 5.32 Å². The van der Waals surface area contributed by atoms with Crippen LogP contribution in [0.1, 0.15) is 12.8 Å². The van der Waals surface area contributed by atoms with Gasteiger partial charge in [-0.25, -0.2) is 18.6 Å². The molecule has 3 aliphatic heterocycles. The quantitative estimate of drug-likeness (QED) is 0.901. The van der Waals surface area contributed by atoms with E-state index in [1.54, 1.807) is 5.51 Å². The third-order valence-electron chi connectivity index (χ3n) is 4.82. The molecule has 132 valence electrons. The van der Waals surface area contributed by atoms with Gasteiger partial charge >= 0.3 is 6.09 Å². The van der Waals surface area contributed by atoms with Crippen molar-refractivity contribution >= 4 is 23.2 Å². The molecular weight excluding hydrogens is 348 g/mol. The Bertz CT molecular complexity index is 790. The lowest BCUT2D eigenvalue weighted by Gasteiger charge is -2.43. The molecule has 0 saturated carbocycles. The van der Waals surface area contributed by atoms with Gasteiger partial charge in [-0.1, -0.05) is 6.07 Å². The number of anilines is 1. The number of benzene rings is 1. The Kier molecular flexibility index (Phi) is 4.39. The van der Waals surface area contributed by atoms with E-state index in [-0.39, 0.29) is 6.10 Å². The van der Waals surface area contributed by atoms with E-state index in [1.165, 1.54) is 17.4 Å². The summed E-state index contributed by atoms with van der Waals surface area (Å²) in [5, 5.41) is 2.63. The molecule has 0 spiro atoms. The average Bonchev–Trinajstić information content (AvgIpc) is 3.06. The Morgan fingerprint density at radius 2 is 2.08 bits per heavy atom. The van der Waals surface area contributed by atoms with Gasteiger partial charge in [-0.2, -0.15) is 0 Å². The number of aromatic nitrogens is 1. The summed E-state index contributed by atoms with van der Waals surface area (Å²) in [6.07, 6.45) is 1.44. The zero-order valence-corrected chi connectivity index (χ0v) is 14.2. The zero-order chi connectivity index (χ0) is 17.4. The standard InChI is InChI=1S/C17H17F2N3O2S/c18-12-2-1-11(7-13(12)19)15-16(20-9-25-15)21-17(23)24-14-8-22-5-3-10(14)4-6-22/h1-2,7,9-10,14H,3-6,8H2,(H,21,23)/t14-/m0/s1. The number of rotatable bonds is 3. The predicted octanol–water partition coefficient (Wildman–Crippen LogP) is 3.73. The first-order valence-corrected chi connectivity index (χ1v) is 9.07. The van der Waals surface area contributed by atoms with Crippen LogP contribution >= 0.6 is 11.3 Å². The number of nitrogens with zero attached hydrogens (tertiary/aromatic N) is 2. The Morgan fingerprint density at radius 1 is 1.28 bits per heavy atom. The summed E-state index contributed by atoms with van der Waals surface area (Å²) in [6, 6.07) is 3.60. The molecule has 0 aliphatic carbocycles. The lowest BCUT2D eigenvalue weighted by Crippen LogP contribution is -2.52. The molecule has 1 amide bonds. The van der Waals surface area contributed by atoms with Crippen molar-refractivity contribution in [1.82, 2.24) is 9.88 Å². The van der Waals surface area contributed by atoms with Crippen molar-refractivity contribution in [3.63, 3.8) is 0 Å². The second-order valence-electron chi connectivity index (χ2n) is 6.37. The topological polar surface area (TPSA) is 54.5 Å². The summed E-state index contributed by atoms with van der Waals surface area (Å²) in [6.45, 7) is 2.90. The fourth-order valence-corrected chi connectivity index (χ4v) is 4.23. The van der Waals surface area contributed by atoms with Gasteiger partial charge in [0.1, 0.15) is 6.10 Å². The van der Waals surface area contributed by atoms with Gasteiger partial charge in [0.25, 0.3) is 0 Å². The van der Waals surface area contributed by atoms with Crippen molar-refractivity contribution in [1.29, 1.82) is 0 Å². The molecule has 25 heavy (non-hydrogen) atoms. The van der Waals surface area contributed by atoms with Crippen molar-refractivity contribution in [2.24, 2.45) is 5.92 Å². The number of amides is 1. The number of fused-ring (bicyclic) bond motifs is 3. The normalized spacial score (nSPS) is 25.0. The lowest BCUT2D eigenvalue weighted by atomic mass is 9.86. The van der Waals surface area contributed by atoms with Gasteiger partial charge in [-0.3, -0.25) is 10.2 Å². The molecule has 0 unspecified atom stereocenters. The number of thiazole rings is 1. The van der Waals surface area contributed by atoms with Crippen LogP contribution in [0.2, 0.25) is 0 Å². The number of hydrogen-bond donors (Lipinski definition) is 1. The summed E-state index contributed by atoms with van der Waals surface area (Å²) < 4.78 is 32.1. The maximum absolute atomic E-state index is 13.5. The van der Waals surface area contributed by atoms with Crippen molar-refractivity contribution in [2.45, 2.75) is 18.9 Å². The van der Waals surface area contributed by atoms with E-state index in [1.807, 2.05) is 0 Å². The highest BCUT2D eigenvalue weighted by atomic mass is 32.1. The summed E-state index contributed by atoms with van der Waals surface area (Å²) in [5.41, 5.74) is 2.00. The monoisotopic (exact) mass is 365 g/mol. The molecule has 3 fully saturated rings. The molecule has 1 aromatic carbocycles. The summed E-state index contributed by atoms with van der Waals surface area (Å²) in [7, 11) is 0. The molecule has 1 N–H and O–H groups in total. The number of hydrogen-bond acceptors (Lipinski definition) is 5. The first-order chi connectivity index (χ1) is 12.1. The van der Waals surface area contributed by atoms with Gasteiger partial charge in [-0.05, 0) is 49.5 Å². The maximum Gasteiger partial charge on any atom is 0.413 e. The molecule has 0 radical (unpaired) electrons. The molecular formula is C17H17F2N3O2S. The fourth-order valence-electron chi connectivity index (χ4n) is 3.49. The average molecular weight is 365 g/mol. The third-order valence-corrected chi connectivity index (χ3v) is 5.70. The lowest BCUT2D eigenvalue weighted by molar-refractivity contribution is -0.0290. The van der Waals surface area contributed by atoms with E-state index in [9.17, 15) is 13.6 Å². The van der Waals surface area contributed by atoms with Gasteiger partial charge in [0, 0.05) is 6.54 Å². The van der Waals surface area contributed by atoms with Crippen molar-refractivity contribution < 1.29 is 18.3 Å². The maximum atomic E-state index is 13.5. The number of carbonyl (C=O) groups excluding carboxylic acids is 1. The molecule has 3 aliphatic rings. The first kappa shape index (κ1) is 16.4. The van der Waals surface area contributed by atoms with E-state index >= 15 is 0 Å². The zero-order valence-electron chi connectivity index (χ0n) is 13.4. The Balaban J connectivity index is 1.45. The van der Waals surface area contributed by atoms with Gasteiger partial charge in [0.2, 0.25) is 0 Å². The number of carbonyl (C=O) groups is 1. The highest BCUT2D eigenvalue weighted by molar-refractivity contribution is 7.13. The van der Waals surface area contributed by atoms with Crippen molar-refractivity contribution in [3.05, 3.63) is 35.3 Å². The van der Waals surface area contributed by atoms with Gasteiger partial charge < -0.3 is 4.74 Å². The van der Waals surface area contributed by atoms with Gasteiger partial charge in [-0.15, -0.1) is 11.3 Å². The summed E-state index contributed by atoms with van der Waals surface area (Å²) in [4.78, 5) is 19.2. The first-order valence-electron chi connectivity index (χ1n) is 8.19. The molecule has 8 heteroatoms. The van der Waals surface area contributed by atoms with E-state index in [4.69, 9.17) is 4.74 Å². The van der Waals surface area contributed by atoms with Crippen LogP contribution in [0, 0.1) is 17.6 Å². The van der Waals surface area contributed by atoms with Crippen LogP contribution in [0.15, 0.2) is 23.7 Å². The van der Waals surface area contributed by atoms with Crippen LogP contribution in [0.3, 0.4) is 0 Å². The number of halogens is 2. The highest BCUT2D eigenvalue weighted by Gasteiger charge is 2.36. The Morgan fingerprint density at radius 3 is 2.76 bits per heavy atom. The molecule has 2 aromatic rings. The molecule has 4 heterocycles. The highest BCUT2D eigenvalue weighted by Crippen LogP contribution is 2.33. The molecule has 1 aromatic heterocycles. The SMILES string of the molecule is O=C(Nc1ncsc1-c1ccc(F)c(F)c1)O[C@H]1CN2CCC1CC2. The second kappa shape index (κ2) is 6.68. The molecule has 5 rings (SSSR count). The van der Waals surface area contributed by atoms with Crippen molar-refractivity contribution in [3.8, 4) is 10.4 Å². The minimum Gasteiger partial charge on any atom is -0.444 e. The van der Waals surface area contributed by atoms with E-state index in [0.717, 1.165) is 44.6 Å².